The summed E-state index contributed by atoms with van der Waals surface area (Å²) in [7, 11) is 0. The molecule has 15 heavy (non-hydrogen) atoms. The highest BCUT2D eigenvalue weighted by atomic mass is 35.5. The van der Waals surface area contributed by atoms with Gasteiger partial charge in [0.15, 0.2) is 0 Å². The van der Waals surface area contributed by atoms with E-state index in [2.05, 4.69) is 17.1 Å². The fourth-order valence-corrected chi connectivity index (χ4v) is 1.46. The van der Waals surface area contributed by atoms with Gasteiger partial charge in [-0.2, -0.15) is 0 Å². The van der Waals surface area contributed by atoms with E-state index in [0.29, 0.717) is 5.02 Å². The van der Waals surface area contributed by atoms with Crippen LogP contribution in [0.1, 0.15) is 11.1 Å². The molecule has 0 saturated heterocycles. The number of rotatable bonds is 2. The normalized spacial score (nSPS) is 10.7. The molecule has 0 unspecified atom stereocenters. The lowest BCUT2D eigenvalue weighted by molar-refractivity contribution is 1.32. The number of hydrogen-bond donors (Lipinski definition) is 0. The van der Waals surface area contributed by atoms with E-state index < -0.39 is 0 Å². The van der Waals surface area contributed by atoms with Crippen LogP contribution in [0, 0.1) is 0 Å². The highest BCUT2D eigenvalue weighted by Gasteiger charge is 1.90. The van der Waals surface area contributed by atoms with Crippen molar-refractivity contribution in [3.05, 3.63) is 64.9 Å². The molecule has 0 radical (unpaired) electrons. The van der Waals surface area contributed by atoms with Crippen molar-refractivity contribution < 1.29 is 0 Å². The maximum atomic E-state index is 5.83. The van der Waals surface area contributed by atoms with E-state index in [9.17, 15) is 0 Å². The SMILES string of the molecule is Clc1cncc(/C=C/c2ccccc2)c1. The van der Waals surface area contributed by atoms with Gasteiger partial charge in [0, 0.05) is 12.4 Å². The van der Waals surface area contributed by atoms with Gasteiger partial charge in [-0.1, -0.05) is 54.1 Å². The van der Waals surface area contributed by atoms with E-state index in [-0.39, 0.29) is 0 Å². The molecule has 1 heterocycles. The molecular formula is C13H10ClN. The van der Waals surface area contributed by atoms with Crippen LogP contribution in [0.4, 0.5) is 0 Å². The molecule has 0 aliphatic heterocycles. The Morgan fingerprint density at radius 1 is 0.933 bits per heavy atom. The van der Waals surface area contributed by atoms with Crippen molar-refractivity contribution in [2.75, 3.05) is 0 Å². The van der Waals surface area contributed by atoms with Crippen molar-refractivity contribution in [3.8, 4) is 0 Å². The van der Waals surface area contributed by atoms with Crippen molar-refractivity contribution in [3.63, 3.8) is 0 Å². The molecule has 2 rings (SSSR count). The second kappa shape index (κ2) is 4.76. The van der Waals surface area contributed by atoms with E-state index in [0.717, 1.165) is 11.1 Å². The quantitative estimate of drug-likeness (QED) is 0.740. The lowest BCUT2D eigenvalue weighted by Gasteiger charge is -1.94. The largest absolute Gasteiger partial charge is 0.263 e. The number of hydrogen-bond acceptors (Lipinski definition) is 1. The van der Waals surface area contributed by atoms with Crippen molar-refractivity contribution in [2.45, 2.75) is 0 Å². The Balaban J connectivity index is 2.19. The summed E-state index contributed by atoms with van der Waals surface area (Å²) in [6.45, 7) is 0. The minimum atomic E-state index is 0.658. The van der Waals surface area contributed by atoms with Gasteiger partial charge >= 0.3 is 0 Å². The maximum Gasteiger partial charge on any atom is 0.0595 e. The van der Waals surface area contributed by atoms with E-state index in [1.807, 2.05) is 36.4 Å². The van der Waals surface area contributed by atoms with Crippen LogP contribution in [0.25, 0.3) is 12.2 Å². The van der Waals surface area contributed by atoms with E-state index >= 15 is 0 Å². The van der Waals surface area contributed by atoms with Crippen LogP contribution in [0.15, 0.2) is 48.8 Å². The number of pyridine rings is 1. The van der Waals surface area contributed by atoms with Crippen molar-refractivity contribution in [2.24, 2.45) is 0 Å². The molecule has 1 aromatic heterocycles. The predicted octanol–water partition coefficient (Wildman–Crippen LogP) is 3.91. The molecule has 0 aliphatic carbocycles. The first-order valence-electron chi connectivity index (χ1n) is 4.68. The van der Waals surface area contributed by atoms with Crippen molar-refractivity contribution >= 4 is 23.8 Å². The highest BCUT2D eigenvalue weighted by molar-refractivity contribution is 6.30. The van der Waals surface area contributed by atoms with Gasteiger partial charge < -0.3 is 0 Å². The van der Waals surface area contributed by atoms with Gasteiger partial charge in [-0.15, -0.1) is 0 Å². The maximum absolute atomic E-state index is 5.83. The van der Waals surface area contributed by atoms with Crippen LogP contribution < -0.4 is 0 Å². The third-order valence-corrected chi connectivity index (χ3v) is 2.20. The lowest BCUT2D eigenvalue weighted by Crippen LogP contribution is -1.76. The summed E-state index contributed by atoms with van der Waals surface area (Å²) in [6, 6.07) is 12.0. The zero-order chi connectivity index (χ0) is 10.5. The van der Waals surface area contributed by atoms with E-state index in [1.54, 1.807) is 12.4 Å². The molecule has 0 spiro atoms. The molecule has 1 nitrogen and oxygen atoms in total. The topological polar surface area (TPSA) is 12.9 Å². The Kier molecular flexibility index (Phi) is 3.15. The molecule has 2 heteroatoms. The van der Waals surface area contributed by atoms with Gasteiger partial charge in [-0.05, 0) is 17.2 Å². The third kappa shape index (κ3) is 2.93. The number of aromatic nitrogens is 1. The zero-order valence-electron chi connectivity index (χ0n) is 8.10. The van der Waals surface area contributed by atoms with Crippen LogP contribution >= 0.6 is 11.6 Å². The van der Waals surface area contributed by atoms with E-state index in [1.165, 1.54) is 0 Å². The molecular weight excluding hydrogens is 206 g/mol. The van der Waals surface area contributed by atoms with Crippen molar-refractivity contribution in [1.29, 1.82) is 0 Å². The smallest absolute Gasteiger partial charge is 0.0595 e. The van der Waals surface area contributed by atoms with Crippen LogP contribution in [-0.2, 0) is 0 Å². The first-order valence-corrected chi connectivity index (χ1v) is 5.06. The minimum absolute atomic E-state index is 0.658. The van der Waals surface area contributed by atoms with Crippen LogP contribution in [0.3, 0.4) is 0 Å². The molecule has 0 amide bonds. The first-order chi connectivity index (χ1) is 7.34. The molecule has 0 saturated carbocycles. The number of halogens is 1. The Bertz CT molecular complexity index is 463. The number of nitrogens with zero attached hydrogens (tertiary/aromatic N) is 1. The second-order valence-corrected chi connectivity index (χ2v) is 3.62. The molecule has 0 bridgehead atoms. The monoisotopic (exact) mass is 215 g/mol. The molecule has 0 atom stereocenters. The molecule has 0 aliphatic rings. The Morgan fingerprint density at radius 3 is 2.40 bits per heavy atom. The fraction of sp³-hybridized carbons (Fsp3) is 0. The summed E-state index contributed by atoms with van der Waals surface area (Å²) >= 11 is 5.83. The third-order valence-electron chi connectivity index (χ3n) is 1.99. The molecule has 74 valence electrons. The number of benzene rings is 1. The molecule has 1 aromatic carbocycles. The average Bonchev–Trinajstić information content (AvgIpc) is 2.28. The average molecular weight is 216 g/mol. The summed E-state index contributed by atoms with van der Waals surface area (Å²) < 4.78 is 0. The predicted molar refractivity (Wildman–Crippen MR) is 64.6 cm³/mol. The Morgan fingerprint density at radius 2 is 1.67 bits per heavy atom. The highest BCUT2D eigenvalue weighted by Crippen LogP contribution is 2.11. The Labute approximate surface area is 94.1 Å². The summed E-state index contributed by atoms with van der Waals surface area (Å²) in [5.41, 5.74) is 2.17. The summed E-state index contributed by atoms with van der Waals surface area (Å²) in [6.07, 6.45) is 7.44. The van der Waals surface area contributed by atoms with Gasteiger partial charge in [-0.25, -0.2) is 0 Å². The Hall–Kier alpha value is -1.60. The summed E-state index contributed by atoms with van der Waals surface area (Å²) in [5, 5.41) is 0.658. The van der Waals surface area contributed by atoms with Crippen LogP contribution in [0.5, 0.6) is 0 Å². The summed E-state index contributed by atoms with van der Waals surface area (Å²) in [4.78, 5) is 4.01. The molecule has 0 N–H and O–H groups in total. The van der Waals surface area contributed by atoms with Gasteiger partial charge in [0.25, 0.3) is 0 Å². The van der Waals surface area contributed by atoms with Crippen LogP contribution in [-0.4, -0.2) is 4.98 Å². The fourth-order valence-electron chi connectivity index (χ4n) is 1.28. The van der Waals surface area contributed by atoms with Gasteiger partial charge in [0.05, 0.1) is 5.02 Å². The zero-order valence-corrected chi connectivity index (χ0v) is 8.85. The van der Waals surface area contributed by atoms with Gasteiger partial charge in [-0.3, -0.25) is 4.98 Å². The van der Waals surface area contributed by atoms with E-state index in [4.69, 9.17) is 11.6 Å². The van der Waals surface area contributed by atoms with Gasteiger partial charge in [0.1, 0.15) is 0 Å². The minimum Gasteiger partial charge on any atom is -0.263 e. The van der Waals surface area contributed by atoms with Crippen LogP contribution in [0.2, 0.25) is 5.02 Å². The lowest BCUT2D eigenvalue weighted by atomic mass is 10.2. The second-order valence-electron chi connectivity index (χ2n) is 3.18. The summed E-state index contributed by atoms with van der Waals surface area (Å²) in [5.74, 6) is 0. The molecule has 2 aromatic rings. The first kappa shape index (κ1) is 9.94. The van der Waals surface area contributed by atoms with Gasteiger partial charge in [0.2, 0.25) is 0 Å². The standard InChI is InChI=1S/C13H10ClN/c14-13-8-12(9-15-10-13)7-6-11-4-2-1-3-5-11/h1-10H/b7-6+. The van der Waals surface area contributed by atoms with Crippen molar-refractivity contribution in [1.82, 2.24) is 4.98 Å². The molecule has 0 fully saturated rings.